The minimum absolute atomic E-state index is 0.0367. The molecular formula is C17H29N3O3. The Bertz CT molecular complexity index is 501. The number of likely N-dealkylation sites (tertiary alicyclic amines) is 1. The van der Waals surface area contributed by atoms with Gasteiger partial charge in [0.15, 0.2) is 5.76 Å². The fraction of sp³-hybridized carbons (Fsp3) is 0.706. The van der Waals surface area contributed by atoms with E-state index >= 15 is 0 Å². The van der Waals surface area contributed by atoms with Crippen LogP contribution in [-0.4, -0.2) is 81.6 Å². The van der Waals surface area contributed by atoms with Crippen molar-refractivity contribution < 1.29 is 13.9 Å². The van der Waals surface area contributed by atoms with Gasteiger partial charge in [0.1, 0.15) is 5.76 Å². The average molecular weight is 323 g/mol. The Morgan fingerprint density at radius 3 is 2.87 bits per heavy atom. The lowest BCUT2D eigenvalue weighted by molar-refractivity contribution is 0.0737. The number of carbonyl (C=O) groups is 1. The van der Waals surface area contributed by atoms with Gasteiger partial charge >= 0.3 is 0 Å². The van der Waals surface area contributed by atoms with E-state index in [4.69, 9.17) is 9.15 Å². The van der Waals surface area contributed by atoms with Crippen LogP contribution in [0.2, 0.25) is 0 Å². The molecule has 1 saturated heterocycles. The fourth-order valence-corrected chi connectivity index (χ4v) is 3.03. The third-order valence-corrected chi connectivity index (χ3v) is 4.20. The molecule has 0 aromatic carbocycles. The molecule has 1 aliphatic heterocycles. The Labute approximate surface area is 139 Å². The SMILES string of the molecule is COCCN1CC[C@@H](CN(C)C(=O)c2ccc(CN(C)C)o2)C1. The van der Waals surface area contributed by atoms with E-state index in [1.165, 1.54) is 0 Å². The number of rotatable bonds is 8. The van der Waals surface area contributed by atoms with E-state index in [2.05, 4.69) is 4.90 Å². The number of hydrogen-bond donors (Lipinski definition) is 0. The quantitative estimate of drug-likeness (QED) is 0.723. The minimum Gasteiger partial charge on any atom is -0.455 e. The van der Waals surface area contributed by atoms with Gasteiger partial charge in [-0.2, -0.15) is 0 Å². The second kappa shape index (κ2) is 8.47. The lowest BCUT2D eigenvalue weighted by Crippen LogP contribution is -2.33. The molecule has 1 aromatic rings. The summed E-state index contributed by atoms with van der Waals surface area (Å²) in [6.45, 7) is 5.33. The van der Waals surface area contributed by atoms with E-state index in [1.54, 1.807) is 18.1 Å². The van der Waals surface area contributed by atoms with Gasteiger partial charge in [-0.25, -0.2) is 0 Å². The van der Waals surface area contributed by atoms with E-state index in [9.17, 15) is 4.79 Å². The predicted octanol–water partition coefficient (Wildman–Crippen LogP) is 1.38. The van der Waals surface area contributed by atoms with Crippen LogP contribution in [0, 0.1) is 5.92 Å². The van der Waals surface area contributed by atoms with Crippen LogP contribution in [-0.2, 0) is 11.3 Å². The molecule has 0 bridgehead atoms. The lowest BCUT2D eigenvalue weighted by Gasteiger charge is -2.21. The molecule has 23 heavy (non-hydrogen) atoms. The zero-order valence-corrected chi connectivity index (χ0v) is 14.7. The van der Waals surface area contributed by atoms with E-state index in [0.29, 0.717) is 18.2 Å². The monoisotopic (exact) mass is 323 g/mol. The highest BCUT2D eigenvalue weighted by molar-refractivity contribution is 5.91. The van der Waals surface area contributed by atoms with E-state index < -0.39 is 0 Å². The van der Waals surface area contributed by atoms with E-state index in [1.807, 2.05) is 32.1 Å². The molecule has 0 unspecified atom stereocenters. The Morgan fingerprint density at radius 1 is 1.39 bits per heavy atom. The molecule has 1 atom stereocenters. The van der Waals surface area contributed by atoms with E-state index in [0.717, 1.165) is 45.0 Å². The third-order valence-electron chi connectivity index (χ3n) is 4.20. The van der Waals surface area contributed by atoms with Crippen molar-refractivity contribution in [3.63, 3.8) is 0 Å². The van der Waals surface area contributed by atoms with Crippen LogP contribution in [0.4, 0.5) is 0 Å². The molecule has 0 radical (unpaired) electrons. The Morgan fingerprint density at radius 2 is 2.17 bits per heavy atom. The Balaban J connectivity index is 1.82. The van der Waals surface area contributed by atoms with Crippen LogP contribution >= 0.6 is 0 Å². The summed E-state index contributed by atoms with van der Waals surface area (Å²) in [5.74, 6) is 1.74. The topological polar surface area (TPSA) is 49.2 Å². The van der Waals surface area contributed by atoms with Crippen LogP contribution in [0.25, 0.3) is 0 Å². The summed E-state index contributed by atoms with van der Waals surface area (Å²) in [5.41, 5.74) is 0. The average Bonchev–Trinajstić information content (AvgIpc) is 3.13. The maximum atomic E-state index is 12.5. The van der Waals surface area contributed by atoms with E-state index in [-0.39, 0.29) is 5.91 Å². The van der Waals surface area contributed by atoms with Crippen LogP contribution in [0.3, 0.4) is 0 Å². The van der Waals surface area contributed by atoms with Crippen LogP contribution in [0.5, 0.6) is 0 Å². The second-order valence-corrected chi connectivity index (χ2v) is 6.64. The zero-order chi connectivity index (χ0) is 16.8. The normalized spacial score (nSPS) is 18.7. The predicted molar refractivity (Wildman–Crippen MR) is 89.5 cm³/mol. The molecule has 1 fully saturated rings. The number of ether oxygens (including phenoxy) is 1. The van der Waals surface area contributed by atoms with Crippen molar-refractivity contribution in [2.45, 2.75) is 13.0 Å². The smallest absolute Gasteiger partial charge is 0.289 e. The van der Waals surface area contributed by atoms with Gasteiger partial charge < -0.3 is 23.9 Å². The van der Waals surface area contributed by atoms with Gasteiger partial charge in [0.25, 0.3) is 5.91 Å². The summed E-state index contributed by atoms with van der Waals surface area (Å²) in [6.07, 6.45) is 1.13. The van der Waals surface area contributed by atoms with Crippen molar-refractivity contribution in [3.05, 3.63) is 23.7 Å². The number of furan rings is 1. The van der Waals surface area contributed by atoms with Gasteiger partial charge in [0, 0.05) is 33.8 Å². The summed E-state index contributed by atoms with van der Waals surface area (Å²) >= 11 is 0. The molecule has 0 N–H and O–H groups in total. The van der Waals surface area contributed by atoms with Crippen molar-refractivity contribution >= 4 is 5.91 Å². The van der Waals surface area contributed by atoms with Crippen molar-refractivity contribution in [3.8, 4) is 0 Å². The summed E-state index contributed by atoms with van der Waals surface area (Å²) in [4.78, 5) is 18.7. The number of methoxy groups -OCH3 is 1. The number of nitrogens with zero attached hydrogens (tertiary/aromatic N) is 3. The van der Waals surface area contributed by atoms with Gasteiger partial charge in [-0.15, -0.1) is 0 Å². The van der Waals surface area contributed by atoms with Gasteiger partial charge in [0.05, 0.1) is 13.2 Å². The van der Waals surface area contributed by atoms with Crippen LogP contribution in [0.1, 0.15) is 22.7 Å². The Hall–Kier alpha value is -1.37. The summed E-state index contributed by atoms with van der Waals surface area (Å²) in [7, 11) is 7.54. The van der Waals surface area contributed by atoms with Crippen molar-refractivity contribution in [1.82, 2.24) is 14.7 Å². The van der Waals surface area contributed by atoms with Gasteiger partial charge in [-0.3, -0.25) is 4.79 Å². The summed E-state index contributed by atoms with van der Waals surface area (Å²) < 4.78 is 10.8. The molecule has 0 saturated carbocycles. The first-order chi connectivity index (χ1) is 11.0. The fourth-order valence-electron chi connectivity index (χ4n) is 3.03. The molecule has 0 spiro atoms. The molecule has 2 heterocycles. The zero-order valence-electron chi connectivity index (χ0n) is 14.7. The number of hydrogen-bond acceptors (Lipinski definition) is 5. The maximum absolute atomic E-state index is 12.5. The molecule has 6 nitrogen and oxygen atoms in total. The van der Waals surface area contributed by atoms with Gasteiger partial charge in [-0.1, -0.05) is 0 Å². The highest BCUT2D eigenvalue weighted by Gasteiger charge is 2.25. The molecule has 2 rings (SSSR count). The lowest BCUT2D eigenvalue weighted by atomic mass is 10.1. The Kier molecular flexibility index (Phi) is 6.62. The molecule has 130 valence electrons. The maximum Gasteiger partial charge on any atom is 0.289 e. The standard InChI is InChI=1S/C17H29N3O3/c1-18(2)13-15-5-6-16(23-15)17(21)19(3)11-14-7-8-20(12-14)9-10-22-4/h5-6,14H,7-13H2,1-4H3/t14-/m0/s1. The molecule has 0 aliphatic carbocycles. The largest absolute Gasteiger partial charge is 0.455 e. The molecule has 1 aliphatic rings. The first-order valence-electron chi connectivity index (χ1n) is 8.19. The third kappa shape index (κ3) is 5.34. The van der Waals surface area contributed by atoms with Crippen molar-refractivity contribution in [1.29, 1.82) is 0 Å². The first-order valence-corrected chi connectivity index (χ1v) is 8.19. The second-order valence-electron chi connectivity index (χ2n) is 6.64. The number of amides is 1. The number of carbonyl (C=O) groups excluding carboxylic acids is 1. The first kappa shape index (κ1) is 18.0. The molecule has 1 amide bonds. The molecule has 6 heteroatoms. The van der Waals surface area contributed by atoms with Crippen LogP contribution in [0.15, 0.2) is 16.5 Å². The minimum atomic E-state index is -0.0367. The molecule has 1 aromatic heterocycles. The highest BCUT2D eigenvalue weighted by atomic mass is 16.5. The highest BCUT2D eigenvalue weighted by Crippen LogP contribution is 2.18. The van der Waals surface area contributed by atoms with Crippen molar-refractivity contribution in [2.75, 3.05) is 61.0 Å². The van der Waals surface area contributed by atoms with Crippen molar-refractivity contribution in [2.24, 2.45) is 5.92 Å². The summed E-state index contributed by atoms with van der Waals surface area (Å²) in [6, 6.07) is 3.65. The van der Waals surface area contributed by atoms with Gasteiger partial charge in [0.2, 0.25) is 0 Å². The summed E-state index contributed by atoms with van der Waals surface area (Å²) in [5, 5.41) is 0. The molecular weight excluding hydrogens is 294 g/mol. The van der Waals surface area contributed by atoms with Crippen LogP contribution < -0.4 is 0 Å². The van der Waals surface area contributed by atoms with Gasteiger partial charge in [-0.05, 0) is 45.1 Å².